The summed E-state index contributed by atoms with van der Waals surface area (Å²) >= 11 is 5.80. The maximum atomic E-state index is 12.5. The number of nitrogens with zero attached hydrogens (tertiary/aromatic N) is 1. The van der Waals surface area contributed by atoms with Crippen molar-refractivity contribution in [3.8, 4) is 0 Å². The van der Waals surface area contributed by atoms with Crippen LogP contribution in [0.4, 0.5) is 0 Å². The lowest BCUT2D eigenvalue weighted by molar-refractivity contribution is -0.156. The Bertz CT molecular complexity index is 791. The summed E-state index contributed by atoms with van der Waals surface area (Å²) in [6, 6.07) is 5.68. The monoisotopic (exact) mass is 370 g/mol. The van der Waals surface area contributed by atoms with Crippen molar-refractivity contribution in [1.29, 1.82) is 0 Å². The van der Waals surface area contributed by atoms with Gasteiger partial charge < -0.3 is 4.90 Å². The Morgan fingerprint density at radius 1 is 1.38 bits per heavy atom. The molecule has 1 aromatic rings. The summed E-state index contributed by atoms with van der Waals surface area (Å²) in [6.45, 7) is 2.08. The molecular weight excluding hydrogens is 352 g/mol. The summed E-state index contributed by atoms with van der Waals surface area (Å²) < 4.78 is 26.8. The molecule has 1 atom stereocenters. The van der Waals surface area contributed by atoms with E-state index in [9.17, 15) is 18.0 Å². The van der Waals surface area contributed by atoms with Gasteiger partial charge in [-0.3, -0.25) is 9.59 Å². The average Bonchev–Trinajstić information content (AvgIpc) is 3.28. The lowest BCUT2D eigenvalue weighted by Crippen LogP contribution is -2.67. The van der Waals surface area contributed by atoms with Crippen LogP contribution in [0, 0.1) is 5.92 Å². The van der Waals surface area contributed by atoms with E-state index in [2.05, 4.69) is 4.72 Å². The van der Waals surface area contributed by atoms with Gasteiger partial charge in [-0.2, -0.15) is 0 Å². The fourth-order valence-electron chi connectivity index (χ4n) is 2.80. The van der Waals surface area contributed by atoms with Crippen molar-refractivity contribution < 1.29 is 18.0 Å². The number of halogens is 1. The minimum Gasteiger partial charge on any atom is -0.328 e. The molecule has 130 valence electrons. The van der Waals surface area contributed by atoms with Crippen LogP contribution in [-0.2, 0) is 19.6 Å². The molecule has 1 N–H and O–H groups in total. The van der Waals surface area contributed by atoms with E-state index in [4.69, 9.17) is 11.6 Å². The van der Waals surface area contributed by atoms with E-state index >= 15 is 0 Å². The summed E-state index contributed by atoms with van der Waals surface area (Å²) in [5, 5.41) is 0.265. The van der Waals surface area contributed by atoms with Crippen molar-refractivity contribution in [1.82, 2.24) is 9.62 Å². The van der Waals surface area contributed by atoms with Gasteiger partial charge in [0.1, 0.15) is 5.54 Å². The Morgan fingerprint density at radius 3 is 2.62 bits per heavy atom. The average molecular weight is 371 g/mol. The molecular formula is C16H19ClN2O4S. The van der Waals surface area contributed by atoms with Crippen LogP contribution in [0.25, 0.3) is 0 Å². The first kappa shape index (κ1) is 17.2. The molecule has 1 aliphatic carbocycles. The van der Waals surface area contributed by atoms with Gasteiger partial charge in [-0.05, 0) is 50.3 Å². The van der Waals surface area contributed by atoms with E-state index in [1.165, 1.54) is 23.1 Å². The minimum atomic E-state index is -4.02. The molecule has 1 saturated heterocycles. The van der Waals surface area contributed by atoms with E-state index in [-0.39, 0.29) is 15.8 Å². The number of hydrogen-bond acceptors (Lipinski definition) is 4. The zero-order valence-corrected chi connectivity index (χ0v) is 14.9. The first-order valence-corrected chi connectivity index (χ1v) is 9.72. The van der Waals surface area contributed by atoms with Crippen molar-refractivity contribution in [3.05, 3.63) is 29.3 Å². The molecule has 8 heteroatoms. The van der Waals surface area contributed by atoms with E-state index in [0.717, 1.165) is 12.8 Å². The lowest BCUT2D eigenvalue weighted by Gasteiger charge is -2.49. The Morgan fingerprint density at radius 2 is 2.08 bits per heavy atom. The predicted molar refractivity (Wildman–Crippen MR) is 88.9 cm³/mol. The van der Waals surface area contributed by atoms with E-state index in [1.54, 1.807) is 13.0 Å². The van der Waals surface area contributed by atoms with Crippen LogP contribution in [-0.4, -0.2) is 37.2 Å². The number of likely N-dealkylation sites (tertiary alicyclic amines) is 1. The van der Waals surface area contributed by atoms with Crippen LogP contribution in [0.3, 0.4) is 0 Å². The Balaban J connectivity index is 1.72. The standard InChI is InChI=1S/C16H19ClN2O4S/c1-16(7-8-19(16)14(20)9-11-5-6-11)15(21)18-24(22,23)13-4-2-3-12(17)10-13/h2-4,10-11H,5-9H2,1H3,(H,18,21). The molecule has 1 unspecified atom stereocenters. The predicted octanol–water partition coefficient (Wildman–Crippen LogP) is 1.94. The van der Waals surface area contributed by atoms with Gasteiger partial charge >= 0.3 is 0 Å². The van der Waals surface area contributed by atoms with Crippen molar-refractivity contribution in [3.63, 3.8) is 0 Å². The van der Waals surface area contributed by atoms with E-state index < -0.39 is 21.5 Å². The smallest absolute Gasteiger partial charge is 0.264 e. The second-order valence-corrected chi connectivity index (χ2v) is 8.73. The Labute approximate surface area is 146 Å². The van der Waals surface area contributed by atoms with Gasteiger partial charge in [0.05, 0.1) is 4.90 Å². The molecule has 0 spiro atoms. The quantitative estimate of drug-likeness (QED) is 0.858. The molecule has 1 aromatic carbocycles. The maximum absolute atomic E-state index is 12.5. The number of carbonyl (C=O) groups is 2. The summed E-state index contributed by atoms with van der Waals surface area (Å²) in [5.41, 5.74) is -1.11. The zero-order chi connectivity index (χ0) is 17.5. The van der Waals surface area contributed by atoms with Crippen molar-refractivity contribution in [2.45, 2.75) is 43.0 Å². The topological polar surface area (TPSA) is 83.6 Å². The van der Waals surface area contributed by atoms with Crippen molar-refractivity contribution >= 4 is 33.4 Å². The van der Waals surface area contributed by atoms with Crippen LogP contribution in [0.5, 0.6) is 0 Å². The number of nitrogens with one attached hydrogen (secondary N) is 1. The van der Waals surface area contributed by atoms with Crippen molar-refractivity contribution in [2.75, 3.05) is 6.54 Å². The van der Waals surface area contributed by atoms with Gasteiger partial charge in [0.2, 0.25) is 5.91 Å². The molecule has 0 radical (unpaired) electrons. The first-order chi connectivity index (χ1) is 11.2. The molecule has 2 fully saturated rings. The van der Waals surface area contributed by atoms with Crippen LogP contribution in [0.2, 0.25) is 5.02 Å². The number of benzene rings is 1. The zero-order valence-electron chi connectivity index (χ0n) is 13.3. The molecule has 6 nitrogen and oxygen atoms in total. The van der Waals surface area contributed by atoms with E-state index in [0.29, 0.717) is 25.3 Å². The highest BCUT2D eigenvalue weighted by atomic mass is 35.5. The Hall–Kier alpha value is -1.60. The number of rotatable bonds is 5. The van der Waals surface area contributed by atoms with Crippen LogP contribution in [0.15, 0.2) is 29.2 Å². The molecule has 1 heterocycles. The van der Waals surface area contributed by atoms with Crippen LogP contribution >= 0.6 is 11.6 Å². The van der Waals surface area contributed by atoms with Gasteiger partial charge in [-0.25, -0.2) is 13.1 Å². The molecule has 0 bridgehead atoms. The third-order valence-electron chi connectivity index (χ3n) is 4.70. The van der Waals surface area contributed by atoms with Gasteiger partial charge in [0.15, 0.2) is 0 Å². The summed E-state index contributed by atoms with van der Waals surface area (Å²) in [4.78, 5) is 26.2. The molecule has 2 aliphatic rings. The summed E-state index contributed by atoms with van der Waals surface area (Å²) in [6.07, 6.45) is 2.97. The normalized spacial score (nSPS) is 23.5. The second kappa shape index (κ2) is 6.04. The summed E-state index contributed by atoms with van der Waals surface area (Å²) in [5.74, 6) is -0.347. The fourth-order valence-corrected chi connectivity index (χ4v) is 4.18. The highest BCUT2D eigenvalue weighted by Crippen LogP contribution is 2.37. The van der Waals surface area contributed by atoms with Crippen LogP contribution < -0.4 is 4.72 Å². The summed E-state index contributed by atoms with van der Waals surface area (Å²) in [7, 11) is -4.02. The Kier molecular flexibility index (Phi) is 4.34. The second-order valence-electron chi connectivity index (χ2n) is 6.61. The number of carbonyl (C=O) groups excluding carboxylic acids is 2. The highest BCUT2D eigenvalue weighted by molar-refractivity contribution is 7.90. The molecule has 2 amide bonds. The van der Waals surface area contributed by atoms with Crippen molar-refractivity contribution in [2.24, 2.45) is 5.92 Å². The van der Waals surface area contributed by atoms with Crippen LogP contribution in [0.1, 0.15) is 32.6 Å². The molecule has 0 aromatic heterocycles. The van der Waals surface area contributed by atoms with Gasteiger partial charge in [-0.1, -0.05) is 17.7 Å². The third-order valence-corrected chi connectivity index (χ3v) is 6.27. The number of hydrogen-bond donors (Lipinski definition) is 1. The van der Waals surface area contributed by atoms with E-state index in [1.807, 2.05) is 0 Å². The molecule has 24 heavy (non-hydrogen) atoms. The number of sulfonamides is 1. The van der Waals surface area contributed by atoms with Gasteiger partial charge in [0, 0.05) is 18.0 Å². The molecule has 1 aliphatic heterocycles. The largest absolute Gasteiger partial charge is 0.328 e. The third kappa shape index (κ3) is 3.28. The van der Waals surface area contributed by atoms with Gasteiger partial charge in [-0.15, -0.1) is 0 Å². The first-order valence-electron chi connectivity index (χ1n) is 7.86. The highest BCUT2D eigenvalue weighted by Gasteiger charge is 2.50. The molecule has 1 saturated carbocycles. The van der Waals surface area contributed by atoms with Gasteiger partial charge in [0.25, 0.3) is 15.9 Å². The maximum Gasteiger partial charge on any atom is 0.264 e. The molecule has 3 rings (SSSR count). The number of amides is 2. The SMILES string of the molecule is CC1(C(=O)NS(=O)(=O)c2cccc(Cl)c2)CCN1C(=O)CC1CC1. The lowest BCUT2D eigenvalue weighted by atomic mass is 9.85. The fraction of sp³-hybridized carbons (Fsp3) is 0.500. The minimum absolute atomic E-state index is 0.0814.